The summed E-state index contributed by atoms with van der Waals surface area (Å²) >= 11 is 0. The van der Waals surface area contributed by atoms with Crippen LogP contribution in [0.1, 0.15) is 98.8 Å². The van der Waals surface area contributed by atoms with E-state index in [0.29, 0.717) is 51.5 Å². The number of ketones is 1. The van der Waals surface area contributed by atoms with Gasteiger partial charge in [0, 0.05) is 44.0 Å². The second-order valence-electron chi connectivity index (χ2n) is 12.9. The van der Waals surface area contributed by atoms with Gasteiger partial charge in [0.15, 0.2) is 5.78 Å². The molecule has 0 aromatic heterocycles. The van der Waals surface area contributed by atoms with Crippen LogP contribution in [0.4, 0.5) is 4.79 Å². The number of hydrogen-bond donors (Lipinski definition) is 5. The lowest BCUT2D eigenvalue weighted by atomic mass is 9.89. The van der Waals surface area contributed by atoms with Gasteiger partial charge in [0.05, 0.1) is 6.04 Å². The van der Waals surface area contributed by atoms with Gasteiger partial charge in [-0.25, -0.2) is 9.59 Å². The highest BCUT2D eigenvalue weighted by Gasteiger charge is 2.32. The topological polar surface area (TPSA) is 220 Å². The number of primary amides is 1. The number of imide groups is 1. The first-order chi connectivity index (χ1) is 21.5. The number of ether oxygens (including phenoxy) is 1. The highest BCUT2D eigenvalue weighted by atomic mass is 16.6. The highest BCUT2D eigenvalue weighted by molar-refractivity contribution is 6.12. The summed E-state index contributed by atoms with van der Waals surface area (Å²) in [5.41, 5.74) is 9.99. The number of unbranched alkanes of at least 4 members (excludes halogenated alkanes) is 3. The number of nitrogens with two attached hydrogens (primary N) is 2. The number of carbonyl (C=O) groups excluding carboxylic acids is 7. The number of nitrogens with one attached hydrogen (secondary N) is 3. The number of hydrogen-bond acceptors (Lipinski definition) is 9. The molecule has 0 unspecified atom stereocenters. The lowest BCUT2D eigenvalue weighted by molar-refractivity contribution is -0.159. The molecule has 7 N–H and O–H groups in total. The standard InChI is InChI=1S/C32H54N6O8/c1-21(2)28(37-25(40)14-7-6-10-19-38-26(41)15-16-27(38)42)24(39)20-22(12-11-18-35-31(34)45)29(43)36-23(13-8-9-17-33)30(44)46-32(3,4)5/h15-16,21-23,28H,6-14,17-20,33H2,1-5H3,(H,36,43)(H,37,40)(H3,34,35,45)/t22-,23+,28+/m1/s1. The fourth-order valence-corrected chi connectivity index (χ4v) is 4.91. The molecule has 0 saturated carbocycles. The molecule has 46 heavy (non-hydrogen) atoms. The van der Waals surface area contributed by atoms with Crippen LogP contribution >= 0.6 is 0 Å². The van der Waals surface area contributed by atoms with Crippen LogP contribution < -0.4 is 27.4 Å². The zero-order valence-electron chi connectivity index (χ0n) is 28.0. The second-order valence-corrected chi connectivity index (χ2v) is 12.9. The number of amides is 6. The smallest absolute Gasteiger partial charge is 0.329 e. The molecule has 3 atom stereocenters. The van der Waals surface area contributed by atoms with Crippen LogP contribution in [0.2, 0.25) is 0 Å². The third-order valence-electron chi connectivity index (χ3n) is 7.32. The quantitative estimate of drug-likeness (QED) is 0.0651. The van der Waals surface area contributed by atoms with Crippen LogP contribution in [0.15, 0.2) is 12.2 Å². The van der Waals surface area contributed by atoms with Crippen molar-refractivity contribution in [2.24, 2.45) is 23.3 Å². The maximum Gasteiger partial charge on any atom is 0.329 e. The van der Waals surface area contributed by atoms with Crippen molar-refractivity contribution in [3.05, 3.63) is 12.2 Å². The summed E-state index contributed by atoms with van der Waals surface area (Å²) in [5.74, 6) is -3.53. The summed E-state index contributed by atoms with van der Waals surface area (Å²) < 4.78 is 5.52. The molecule has 14 nitrogen and oxygen atoms in total. The first-order valence-corrected chi connectivity index (χ1v) is 16.2. The van der Waals surface area contributed by atoms with E-state index in [1.54, 1.807) is 34.6 Å². The zero-order chi connectivity index (χ0) is 34.9. The third kappa shape index (κ3) is 16.0. The molecule has 6 amide bonds. The number of Topliss-reactive ketones (excluding diaryl/α,β-unsaturated/α-hetero) is 1. The number of rotatable bonds is 22. The monoisotopic (exact) mass is 650 g/mol. The number of nitrogens with zero attached hydrogens (tertiary/aromatic N) is 1. The molecule has 0 aliphatic carbocycles. The van der Waals surface area contributed by atoms with Gasteiger partial charge >= 0.3 is 12.0 Å². The molecule has 260 valence electrons. The average molecular weight is 651 g/mol. The van der Waals surface area contributed by atoms with E-state index in [-0.39, 0.29) is 61.8 Å². The summed E-state index contributed by atoms with van der Waals surface area (Å²) in [6, 6.07) is -2.48. The van der Waals surface area contributed by atoms with Gasteiger partial charge in [0.1, 0.15) is 11.6 Å². The molecule has 0 fully saturated rings. The SMILES string of the molecule is CC(C)[C@H](NC(=O)CCCCCN1C(=O)C=CC1=O)C(=O)C[C@@H](CCCNC(N)=O)C(=O)N[C@@H](CCCCN)C(=O)OC(C)(C)C. The van der Waals surface area contributed by atoms with Crippen molar-refractivity contribution in [1.82, 2.24) is 20.9 Å². The van der Waals surface area contributed by atoms with E-state index >= 15 is 0 Å². The molecular weight excluding hydrogens is 596 g/mol. The van der Waals surface area contributed by atoms with Crippen molar-refractivity contribution >= 4 is 41.4 Å². The van der Waals surface area contributed by atoms with Crippen LogP contribution in [-0.4, -0.2) is 83.6 Å². The minimum absolute atomic E-state index is 0.152. The van der Waals surface area contributed by atoms with Gasteiger partial charge in [-0.2, -0.15) is 0 Å². The minimum atomic E-state index is -0.932. The van der Waals surface area contributed by atoms with E-state index in [4.69, 9.17) is 16.2 Å². The third-order valence-corrected chi connectivity index (χ3v) is 7.32. The van der Waals surface area contributed by atoms with Crippen molar-refractivity contribution in [2.75, 3.05) is 19.6 Å². The Morgan fingerprint density at radius 3 is 2.11 bits per heavy atom. The van der Waals surface area contributed by atoms with Gasteiger partial charge in [-0.3, -0.25) is 28.9 Å². The fraction of sp³-hybridized carbons (Fsp3) is 0.719. The van der Waals surface area contributed by atoms with Gasteiger partial charge in [-0.05, 0) is 78.2 Å². The molecule has 0 radical (unpaired) electrons. The Balaban J connectivity index is 2.87. The summed E-state index contributed by atoms with van der Waals surface area (Å²) in [4.78, 5) is 88.3. The molecule has 1 aliphatic rings. The van der Waals surface area contributed by atoms with E-state index in [2.05, 4.69) is 16.0 Å². The Morgan fingerprint density at radius 2 is 1.54 bits per heavy atom. The summed E-state index contributed by atoms with van der Waals surface area (Å²) in [7, 11) is 0. The highest BCUT2D eigenvalue weighted by Crippen LogP contribution is 2.19. The molecule has 0 saturated heterocycles. The Labute approximate surface area is 272 Å². The molecule has 1 heterocycles. The molecule has 1 aliphatic heterocycles. The fourth-order valence-electron chi connectivity index (χ4n) is 4.91. The van der Waals surface area contributed by atoms with Gasteiger partial charge in [0.25, 0.3) is 11.8 Å². The lowest BCUT2D eigenvalue weighted by Crippen LogP contribution is -2.48. The predicted octanol–water partition coefficient (Wildman–Crippen LogP) is 1.59. The molecule has 14 heteroatoms. The normalized spacial score (nSPS) is 15.0. The Kier molecular flexibility index (Phi) is 17.8. The van der Waals surface area contributed by atoms with Gasteiger partial charge in [0.2, 0.25) is 11.8 Å². The molecule has 0 spiro atoms. The second kappa shape index (κ2) is 20.3. The van der Waals surface area contributed by atoms with E-state index in [0.717, 1.165) is 4.90 Å². The van der Waals surface area contributed by atoms with Crippen molar-refractivity contribution in [3.63, 3.8) is 0 Å². The first kappa shape index (κ1) is 40.2. The van der Waals surface area contributed by atoms with E-state index in [1.807, 2.05) is 0 Å². The number of carbonyl (C=O) groups is 7. The van der Waals surface area contributed by atoms with Gasteiger partial charge in [-0.1, -0.05) is 20.3 Å². The Morgan fingerprint density at radius 1 is 0.891 bits per heavy atom. The molecular formula is C32H54N6O8. The predicted molar refractivity (Wildman–Crippen MR) is 172 cm³/mol. The largest absolute Gasteiger partial charge is 0.458 e. The maximum atomic E-state index is 13.5. The zero-order valence-corrected chi connectivity index (χ0v) is 28.0. The number of esters is 1. The lowest BCUT2D eigenvalue weighted by Gasteiger charge is -2.27. The first-order valence-electron chi connectivity index (χ1n) is 16.2. The molecule has 0 aromatic carbocycles. The Bertz CT molecular complexity index is 1080. The minimum Gasteiger partial charge on any atom is -0.458 e. The van der Waals surface area contributed by atoms with Crippen LogP contribution in [0.5, 0.6) is 0 Å². The van der Waals surface area contributed by atoms with Crippen LogP contribution in [0.3, 0.4) is 0 Å². The van der Waals surface area contributed by atoms with Crippen molar-refractivity contribution in [3.8, 4) is 0 Å². The summed E-state index contributed by atoms with van der Waals surface area (Å²) in [6.45, 7) is 9.68. The summed E-state index contributed by atoms with van der Waals surface area (Å²) in [6.07, 6.45) is 6.20. The van der Waals surface area contributed by atoms with Crippen molar-refractivity contribution in [2.45, 2.75) is 117 Å². The Hall–Kier alpha value is -3.81. The van der Waals surface area contributed by atoms with E-state index in [1.165, 1.54) is 12.2 Å². The molecule has 1 rings (SSSR count). The summed E-state index contributed by atoms with van der Waals surface area (Å²) in [5, 5.41) is 8.04. The van der Waals surface area contributed by atoms with E-state index in [9.17, 15) is 33.6 Å². The number of urea groups is 1. The molecule has 0 bridgehead atoms. The maximum absolute atomic E-state index is 13.5. The van der Waals surface area contributed by atoms with Gasteiger partial charge < -0.3 is 32.2 Å². The molecule has 0 aromatic rings. The van der Waals surface area contributed by atoms with Crippen LogP contribution in [0, 0.1) is 11.8 Å². The van der Waals surface area contributed by atoms with Crippen molar-refractivity contribution in [1.29, 1.82) is 0 Å². The van der Waals surface area contributed by atoms with Crippen LogP contribution in [-0.2, 0) is 33.5 Å². The van der Waals surface area contributed by atoms with E-state index < -0.39 is 41.5 Å². The van der Waals surface area contributed by atoms with Crippen LogP contribution in [0.25, 0.3) is 0 Å². The van der Waals surface area contributed by atoms with Gasteiger partial charge in [-0.15, -0.1) is 0 Å². The van der Waals surface area contributed by atoms with Crippen molar-refractivity contribution < 1.29 is 38.3 Å². The average Bonchev–Trinajstić information content (AvgIpc) is 3.27.